The van der Waals surface area contributed by atoms with Gasteiger partial charge in [0.05, 0.1) is 6.61 Å². The van der Waals surface area contributed by atoms with E-state index in [-0.39, 0.29) is 6.04 Å². The molecule has 1 aliphatic rings. The highest BCUT2D eigenvalue weighted by molar-refractivity contribution is 6.35. The van der Waals surface area contributed by atoms with Crippen molar-refractivity contribution in [1.82, 2.24) is 15.1 Å². The van der Waals surface area contributed by atoms with Crippen LogP contribution in [-0.2, 0) is 14.3 Å². The van der Waals surface area contributed by atoms with Gasteiger partial charge in [0.2, 0.25) is 0 Å². The largest absolute Gasteiger partial charge is 0.383 e. The van der Waals surface area contributed by atoms with Crippen molar-refractivity contribution in [2.24, 2.45) is 0 Å². The van der Waals surface area contributed by atoms with Gasteiger partial charge < -0.3 is 19.9 Å². The molecular formula is C10H19N3O3. The average molecular weight is 229 g/mol. The maximum atomic E-state index is 11.7. The van der Waals surface area contributed by atoms with E-state index in [4.69, 9.17) is 4.74 Å². The molecule has 0 spiro atoms. The van der Waals surface area contributed by atoms with Crippen LogP contribution in [0.4, 0.5) is 0 Å². The third-order valence-electron chi connectivity index (χ3n) is 2.74. The zero-order chi connectivity index (χ0) is 12.1. The maximum absolute atomic E-state index is 11.7. The average Bonchev–Trinajstić information content (AvgIpc) is 2.29. The number of rotatable bonds is 5. The Labute approximate surface area is 95.5 Å². The van der Waals surface area contributed by atoms with Crippen LogP contribution in [0, 0.1) is 0 Å². The molecule has 16 heavy (non-hydrogen) atoms. The molecule has 1 N–H and O–H groups in total. The quantitative estimate of drug-likeness (QED) is 0.584. The number of hydrogen-bond donors (Lipinski definition) is 1. The van der Waals surface area contributed by atoms with Gasteiger partial charge in [-0.05, 0) is 7.05 Å². The van der Waals surface area contributed by atoms with Crippen LogP contribution in [0.5, 0.6) is 0 Å². The van der Waals surface area contributed by atoms with Gasteiger partial charge in [0.15, 0.2) is 0 Å². The molecule has 0 bridgehead atoms. The maximum Gasteiger partial charge on any atom is 0.312 e. The van der Waals surface area contributed by atoms with Gasteiger partial charge in [-0.2, -0.15) is 0 Å². The molecule has 0 aromatic carbocycles. The molecule has 0 aliphatic carbocycles. The van der Waals surface area contributed by atoms with Gasteiger partial charge >= 0.3 is 11.8 Å². The number of ether oxygens (including phenoxy) is 1. The summed E-state index contributed by atoms with van der Waals surface area (Å²) in [7, 11) is 5.07. The number of carbonyl (C=O) groups is 2. The number of carbonyl (C=O) groups excluding carboxylic acids is 2. The zero-order valence-corrected chi connectivity index (χ0v) is 10.0. The smallest absolute Gasteiger partial charge is 0.312 e. The molecule has 0 aromatic heterocycles. The summed E-state index contributed by atoms with van der Waals surface area (Å²) in [5.74, 6) is -0.858. The fourth-order valence-electron chi connectivity index (χ4n) is 1.64. The lowest BCUT2D eigenvalue weighted by molar-refractivity contribution is -0.155. The number of nitrogens with one attached hydrogen (secondary N) is 1. The number of amides is 2. The molecule has 2 amide bonds. The second-order valence-corrected chi connectivity index (χ2v) is 3.92. The first-order valence-corrected chi connectivity index (χ1v) is 5.30. The van der Waals surface area contributed by atoms with Gasteiger partial charge in [-0.1, -0.05) is 0 Å². The van der Waals surface area contributed by atoms with Gasteiger partial charge in [0.1, 0.15) is 0 Å². The fraction of sp³-hybridized carbons (Fsp3) is 0.800. The van der Waals surface area contributed by atoms with E-state index < -0.39 is 11.8 Å². The molecule has 6 heteroatoms. The molecule has 1 saturated heterocycles. The molecule has 1 heterocycles. The van der Waals surface area contributed by atoms with E-state index in [0.717, 1.165) is 0 Å². The molecule has 92 valence electrons. The van der Waals surface area contributed by atoms with E-state index in [1.165, 1.54) is 4.90 Å². The number of nitrogens with zero attached hydrogens (tertiary/aromatic N) is 2. The molecule has 1 aliphatic heterocycles. The van der Waals surface area contributed by atoms with E-state index in [1.807, 2.05) is 7.05 Å². The normalized spacial score (nSPS) is 19.2. The van der Waals surface area contributed by atoms with Crippen LogP contribution in [-0.4, -0.2) is 75.1 Å². The summed E-state index contributed by atoms with van der Waals surface area (Å²) < 4.78 is 5.02. The zero-order valence-electron chi connectivity index (χ0n) is 10.0. The van der Waals surface area contributed by atoms with Crippen LogP contribution in [0.1, 0.15) is 0 Å². The Bertz CT molecular complexity index is 270. The molecule has 6 nitrogen and oxygen atoms in total. The second-order valence-electron chi connectivity index (χ2n) is 3.92. The van der Waals surface area contributed by atoms with Crippen LogP contribution < -0.4 is 5.32 Å². The molecule has 1 fully saturated rings. The van der Waals surface area contributed by atoms with Crippen molar-refractivity contribution >= 4 is 11.8 Å². The lowest BCUT2D eigenvalue weighted by atomic mass is 10.2. The molecule has 0 aromatic rings. The van der Waals surface area contributed by atoms with Crippen LogP contribution in [0.3, 0.4) is 0 Å². The van der Waals surface area contributed by atoms with E-state index in [9.17, 15) is 9.59 Å². The molecule has 1 atom stereocenters. The Balaban J connectivity index is 2.54. The highest BCUT2D eigenvalue weighted by Crippen LogP contribution is 2.04. The summed E-state index contributed by atoms with van der Waals surface area (Å²) in [4.78, 5) is 26.1. The minimum absolute atomic E-state index is 0.0603. The van der Waals surface area contributed by atoms with Crippen molar-refractivity contribution in [3.05, 3.63) is 0 Å². The third-order valence-corrected chi connectivity index (χ3v) is 2.74. The van der Waals surface area contributed by atoms with Gasteiger partial charge in [0, 0.05) is 39.8 Å². The monoisotopic (exact) mass is 229 g/mol. The first kappa shape index (κ1) is 12.9. The highest BCUT2D eigenvalue weighted by atomic mass is 16.5. The summed E-state index contributed by atoms with van der Waals surface area (Å²) in [6.07, 6.45) is 0. The third kappa shape index (κ3) is 2.93. The van der Waals surface area contributed by atoms with E-state index in [1.54, 1.807) is 19.1 Å². The second kappa shape index (κ2) is 5.81. The topological polar surface area (TPSA) is 61.9 Å². The Kier molecular flexibility index (Phi) is 4.70. The van der Waals surface area contributed by atoms with Crippen molar-refractivity contribution in [1.29, 1.82) is 0 Å². The first-order chi connectivity index (χ1) is 7.60. The van der Waals surface area contributed by atoms with Crippen molar-refractivity contribution < 1.29 is 14.3 Å². The van der Waals surface area contributed by atoms with Crippen LogP contribution in [0.15, 0.2) is 0 Å². The van der Waals surface area contributed by atoms with Crippen molar-refractivity contribution in [3.63, 3.8) is 0 Å². The lowest BCUT2D eigenvalue weighted by Gasteiger charge is -2.33. The Morgan fingerprint density at radius 3 is 2.62 bits per heavy atom. The summed E-state index contributed by atoms with van der Waals surface area (Å²) in [5.41, 5.74) is 0. The van der Waals surface area contributed by atoms with Crippen molar-refractivity contribution in [3.8, 4) is 0 Å². The predicted octanol–water partition coefficient (Wildman–Crippen LogP) is -1.48. The van der Waals surface area contributed by atoms with Crippen LogP contribution in [0.2, 0.25) is 0 Å². The fourth-order valence-corrected chi connectivity index (χ4v) is 1.64. The van der Waals surface area contributed by atoms with Crippen LogP contribution >= 0.6 is 0 Å². The summed E-state index contributed by atoms with van der Waals surface area (Å²) >= 11 is 0. The number of methoxy groups -OCH3 is 1. The number of piperazine rings is 1. The van der Waals surface area contributed by atoms with E-state index >= 15 is 0 Å². The Hall–Kier alpha value is -1.14. The Morgan fingerprint density at radius 1 is 1.38 bits per heavy atom. The van der Waals surface area contributed by atoms with Gasteiger partial charge in [0.25, 0.3) is 0 Å². The van der Waals surface area contributed by atoms with Gasteiger partial charge in [-0.15, -0.1) is 0 Å². The highest BCUT2D eigenvalue weighted by Gasteiger charge is 2.31. The predicted molar refractivity (Wildman–Crippen MR) is 58.9 cm³/mol. The van der Waals surface area contributed by atoms with Gasteiger partial charge in [-0.25, -0.2) is 0 Å². The molecule has 0 saturated carbocycles. The van der Waals surface area contributed by atoms with Crippen molar-refractivity contribution in [2.45, 2.75) is 6.04 Å². The summed E-state index contributed by atoms with van der Waals surface area (Å²) in [6, 6.07) is 0.0603. The molecule has 1 rings (SSSR count). The summed E-state index contributed by atoms with van der Waals surface area (Å²) in [6.45, 7) is 2.20. The minimum atomic E-state index is -0.432. The SMILES string of the molecule is CNC(COC)CN1CCN(C)C(=O)C1=O. The van der Waals surface area contributed by atoms with Crippen LogP contribution in [0.25, 0.3) is 0 Å². The molecule has 1 unspecified atom stereocenters. The molecule has 0 radical (unpaired) electrons. The van der Waals surface area contributed by atoms with Crippen molar-refractivity contribution in [2.75, 3.05) is 47.4 Å². The van der Waals surface area contributed by atoms with E-state index in [2.05, 4.69) is 5.32 Å². The first-order valence-electron chi connectivity index (χ1n) is 5.30. The minimum Gasteiger partial charge on any atom is -0.383 e. The number of likely N-dealkylation sites (N-methyl/N-ethyl adjacent to an activating group) is 2. The van der Waals surface area contributed by atoms with E-state index in [0.29, 0.717) is 26.2 Å². The standard InChI is InChI=1S/C10H19N3O3/c1-11-8(7-16-3)6-13-5-4-12(2)9(14)10(13)15/h8,11H,4-7H2,1-3H3. The Morgan fingerprint density at radius 2 is 2.06 bits per heavy atom. The number of hydrogen-bond acceptors (Lipinski definition) is 4. The lowest BCUT2D eigenvalue weighted by Crippen LogP contribution is -2.56. The molecular weight excluding hydrogens is 210 g/mol. The summed E-state index contributed by atoms with van der Waals surface area (Å²) in [5, 5.41) is 3.05. The van der Waals surface area contributed by atoms with Gasteiger partial charge in [-0.3, -0.25) is 9.59 Å².